The predicted octanol–water partition coefficient (Wildman–Crippen LogP) is 3.12. The lowest BCUT2D eigenvalue weighted by Gasteiger charge is -2.32. The third-order valence-electron chi connectivity index (χ3n) is 4.08. The molecule has 0 aliphatic carbocycles. The largest absolute Gasteiger partial charge is 0.493 e. The molecular weight excluding hydrogens is 264 g/mol. The van der Waals surface area contributed by atoms with E-state index in [1.807, 2.05) is 25.2 Å². The summed E-state index contributed by atoms with van der Waals surface area (Å²) in [7, 11) is 5.16. The first kappa shape index (κ1) is 17.3. The smallest absolute Gasteiger partial charge is 0.161 e. The van der Waals surface area contributed by atoms with Gasteiger partial charge in [0, 0.05) is 0 Å². The number of rotatable bonds is 8. The molecule has 1 aromatic rings. The summed E-state index contributed by atoms with van der Waals surface area (Å²) in [4.78, 5) is 0. The molecule has 1 N–H and O–H groups in total. The van der Waals surface area contributed by atoms with Crippen LogP contribution in [0, 0.1) is 17.2 Å². The van der Waals surface area contributed by atoms with Crippen molar-refractivity contribution in [3.8, 4) is 17.6 Å². The SMILES string of the molecule is CNCCC[C@@](C#N)(c1ccc(OC)c(OC)c1)C(C)C. The third-order valence-corrected chi connectivity index (χ3v) is 4.08. The van der Waals surface area contributed by atoms with E-state index in [1.165, 1.54) is 0 Å². The molecule has 1 atom stereocenters. The molecule has 0 saturated heterocycles. The molecular formula is C17H26N2O2. The van der Waals surface area contributed by atoms with Gasteiger partial charge in [-0.15, -0.1) is 0 Å². The fraction of sp³-hybridized carbons (Fsp3) is 0.588. The van der Waals surface area contributed by atoms with Crippen LogP contribution in [0.15, 0.2) is 18.2 Å². The van der Waals surface area contributed by atoms with E-state index in [-0.39, 0.29) is 5.92 Å². The number of nitriles is 1. The van der Waals surface area contributed by atoms with Crippen molar-refractivity contribution in [2.45, 2.75) is 32.1 Å². The van der Waals surface area contributed by atoms with E-state index in [2.05, 4.69) is 25.2 Å². The third kappa shape index (κ3) is 3.68. The molecule has 0 heterocycles. The second kappa shape index (κ2) is 7.90. The van der Waals surface area contributed by atoms with Crippen LogP contribution in [0.3, 0.4) is 0 Å². The molecule has 4 heteroatoms. The second-order valence-electron chi connectivity index (χ2n) is 5.51. The molecule has 0 saturated carbocycles. The molecule has 0 aliphatic rings. The van der Waals surface area contributed by atoms with Crippen LogP contribution in [0.2, 0.25) is 0 Å². The summed E-state index contributed by atoms with van der Waals surface area (Å²) >= 11 is 0. The predicted molar refractivity (Wildman–Crippen MR) is 84.8 cm³/mol. The van der Waals surface area contributed by atoms with Gasteiger partial charge in [-0.25, -0.2) is 0 Å². The van der Waals surface area contributed by atoms with Crippen molar-refractivity contribution in [3.63, 3.8) is 0 Å². The van der Waals surface area contributed by atoms with Crippen LogP contribution in [0.5, 0.6) is 11.5 Å². The van der Waals surface area contributed by atoms with Crippen LogP contribution in [-0.2, 0) is 5.41 Å². The lowest BCUT2D eigenvalue weighted by Crippen LogP contribution is -2.31. The maximum atomic E-state index is 9.85. The molecule has 116 valence electrons. The summed E-state index contributed by atoms with van der Waals surface area (Å²) in [5.41, 5.74) is 0.491. The summed E-state index contributed by atoms with van der Waals surface area (Å²) in [6.45, 7) is 5.10. The van der Waals surface area contributed by atoms with Gasteiger partial charge in [0.2, 0.25) is 0 Å². The van der Waals surface area contributed by atoms with E-state index in [0.29, 0.717) is 11.5 Å². The van der Waals surface area contributed by atoms with E-state index >= 15 is 0 Å². The fourth-order valence-corrected chi connectivity index (χ4v) is 2.67. The van der Waals surface area contributed by atoms with Crippen molar-refractivity contribution in [1.82, 2.24) is 5.32 Å². The van der Waals surface area contributed by atoms with Gasteiger partial charge in [-0.2, -0.15) is 5.26 Å². The first-order valence-corrected chi connectivity index (χ1v) is 7.34. The highest BCUT2D eigenvalue weighted by molar-refractivity contribution is 5.47. The summed E-state index contributed by atoms with van der Waals surface area (Å²) in [6, 6.07) is 8.34. The molecule has 0 aromatic heterocycles. The van der Waals surface area contributed by atoms with Crippen LogP contribution < -0.4 is 14.8 Å². The Hall–Kier alpha value is -1.73. The molecule has 0 spiro atoms. The van der Waals surface area contributed by atoms with Gasteiger partial charge in [-0.3, -0.25) is 0 Å². The number of nitrogens with one attached hydrogen (secondary N) is 1. The number of nitrogens with zero attached hydrogens (tertiary/aromatic N) is 1. The summed E-state index contributed by atoms with van der Waals surface area (Å²) in [6.07, 6.45) is 1.77. The number of hydrogen-bond donors (Lipinski definition) is 1. The van der Waals surface area contributed by atoms with Crippen LogP contribution in [0.25, 0.3) is 0 Å². The van der Waals surface area contributed by atoms with Gasteiger partial charge in [0.05, 0.1) is 25.7 Å². The average Bonchev–Trinajstić information content (AvgIpc) is 2.51. The Morgan fingerprint density at radius 3 is 2.38 bits per heavy atom. The lowest BCUT2D eigenvalue weighted by atomic mass is 9.70. The zero-order valence-corrected chi connectivity index (χ0v) is 13.7. The molecule has 1 aromatic carbocycles. The quantitative estimate of drug-likeness (QED) is 0.747. The van der Waals surface area contributed by atoms with Crippen molar-refractivity contribution in [2.24, 2.45) is 5.92 Å². The van der Waals surface area contributed by atoms with E-state index in [1.54, 1.807) is 14.2 Å². The van der Waals surface area contributed by atoms with Gasteiger partial charge in [0.25, 0.3) is 0 Å². The first-order valence-electron chi connectivity index (χ1n) is 7.34. The summed E-state index contributed by atoms with van der Waals surface area (Å²) < 4.78 is 10.7. The van der Waals surface area contributed by atoms with E-state index in [9.17, 15) is 5.26 Å². The Labute approximate surface area is 128 Å². The molecule has 0 amide bonds. The van der Waals surface area contributed by atoms with Crippen LogP contribution >= 0.6 is 0 Å². The topological polar surface area (TPSA) is 54.3 Å². The van der Waals surface area contributed by atoms with E-state index in [4.69, 9.17) is 9.47 Å². The number of methoxy groups -OCH3 is 2. The molecule has 21 heavy (non-hydrogen) atoms. The zero-order chi connectivity index (χ0) is 15.9. The average molecular weight is 290 g/mol. The first-order chi connectivity index (χ1) is 10.1. The summed E-state index contributed by atoms with van der Waals surface area (Å²) in [5.74, 6) is 1.58. The van der Waals surface area contributed by atoms with Crippen LogP contribution in [-0.4, -0.2) is 27.8 Å². The maximum absolute atomic E-state index is 9.85. The number of benzene rings is 1. The van der Waals surface area contributed by atoms with E-state index < -0.39 is 5.41 Å². The van der Waals surface area contributed by atoms with Crippen molar-refractivity contribution in [3.05, 3.63) is 23.8 Å². The standard InChI is InChI=1S/C17H26N2O2/c1-13(2)17(12-18,9-6-10-19-3)14-7-8-15(20-4)16(11-14)21-5/h7-8,11,13,19H,6,9-10H2,1-5H3/t17-/m0/s1. The molecule has 4 nitrogen and oxygen atoms in total. The molecule has 0 bridgehead atoms. The molecule has 1 rings (SSSR count). The Morgan fingerprint density at radius 2 is 1.90 bits per heavy atom. The molecule has 0 fully saturated rings. The van der Waals surface area contributed by atoms with Gasteiger partial charge in [-0.05, 0) is 50.0 Å². The minimum Gasteiger partial charge on any atom is -0.493 e. The Morgan fingerprint density at radius 1 is 1.24 bits per heavy atom. The van der Waals surface area contributed by atoms with Crippen molar-refractivity contribution in [1.29, 1.82) is 5.26 Å². The monoisotopic (exact) mass is 290 g/mol. The Kier molecular flexibility index (Phi) is 6.51. The van der Waals surface area contributed by atoms with Crippen LogP contribution in [0.1, 0.15) is 32.3 Å². The zero-order valence-electron chi connectivity index (χ0n) is 13.7. The minimum absolute atomic E-state index is 0.220. The Bertz CT molecular complexity index is 494. The second-order valence-corrected chi connectivity index (χ2v) is 5.51. The van der Waals surface area contributed by atoms with Gasteiger partial charge < -0.3 is 14.8 Å². The van der Waals surface area contributed by atoms with Crippen molar-refractivity contribution in [2.75, 3.05) is 27.8 Å². The highest BCUT2D eigenvalue weighted by Gasteiger charge is 2.36. The fourth-order valence-electron chi connectivity index (χ4n) is 2.67. The van der Waals surface area contributed by atoms with Gasteiger partial charge >= 0.3 is 0 Å². The molecule has 0 aliphatic heterocycles. The number of ether oxygens (including phenoxy) is 2. The normalized spacial score (nSPS) is 13.6. The lowest BCUT2D eigenvalue weighted by molar-refractivity contribution is 0.341. The summed E-state index contributed by atoms with van der Waals surface area (Å²) in [5, 5.41) is 13.0. The van der Waals surface area contributed by atoms with Gasteiger partial charge in [-0.1, -0.05) is 19.9 Å². The highest BCUT2D eigenvalue weighted by Crippen LogP contribution is 2.40. The minimum atomic E-state index is -0.504. The van der Waals surface area contributed by atoms with Crippen molar-refractivity contribution >= 4 is 0 Å². The Balaban J connectivity index is 3.23. The van der Waals surface area contributed by atoms with Crippen molar-refractivity contribution < 1.29 is 9.47 Å². The number of hydrogen-bond acceptors (Lipinski definition) is 4. The van der Waals surface area contributed by atoms with Crippen LogP contribution in [0.4, 0.5) is 0 Å². The highest BCUT2D eigenvalue weighted by atomic mass is 16.5. The molecule has 0 radical (unpaired) electrons. The maximum Gasteiger partial charge on any atom is 0.161 e. The van der Waals surface area contributed by atoms with Gasteiger partial charge in [0.15, 0.2) is 11.5 Å². The molecule has 0 unspecified atom stereocenters. The van der Waals surface area contributed by atoms with E-state index in [0.717, 1.165) is 24.9 Å². The van der Waals surface area contributed by atoms with Gasteiger partial charge in [0.1, 0.15) is 0 Å².